The molecule has 0 spiro atoms. The Labute approximate surface area is 129 Å². The molecule has 0 saturated carbocycles. The standard InChI is InChI=1S/C19H16OS/c1-21-16-11-10-15-9-8-14-5-2-3-6-17(14)18(7-4-12-20)19(15)13-16/h2-3,5-6,8-11,13,18,20H,12H2,1H3. The van der Waals surface area contributed by atoms with E-state index in [1.165, 1.54) is 27.1 Å². The second-order valence-electron chi connectivity index (χ2n) is 4.87. The summed E-state index contributed by atoms with van der Waals surface area (Å²) in [5.41, 5.74) is 4.80. The second-order valence-corrected chi connectivity index (χ2v) is 5.75. The second kappa shape index (κ2) is 6.22. The molecule has 0 fully saturated rings. The third-order valence-electron chi connectivity index (χ3n) is 3.68. The Kier molecular flexibility index (Phi) is 4.15. The van der Waals surface area contributed by atoms with Crippen molar-refractivity contribution in [2.45, 2.75) is 10.8 Å². The molecular weight excluding hydrogens is 276 g/mol. The third kappa shape index (κ3) is 2.76. The fourth-order valence-corrected chi connectivity index (χ4v) is 3.11. The van der Waals surface area contributed by atoms with Crippen LogP contribution in [0.3, 0.4) is 0 Å². The van der Waals surface area contributed by atoms with E-state index in [4.69, 9.17) is 5.11 Å². The molecule has 0 radical (unpaired) electrons. The molecule has 0 aromatic heterocycles. The van der Waals surface area contributed by atoms with Gasteiger partial charge in [0.1, 0.15) is 6.61 Å². The number of rotatable bonds is 1. The lowest BCUT2D eigenvalue weighted by atomic mass is 9.88. The Hall–Kier alpha value is -1.95. The Morgan fingerprint density at radius 2 is 1.81 bits per heavy atom. The highest BCUT2D eigenvalue weighted by Gasteiger charge is 2.19. The van der Waals surface area contributed by atoms with Crippen molar-refractivity contribution in [3.8, 4) is 11.8 Å². The quantitative estimate of drug-likeness (QED) is 0.633. The van der Waals surface area contributed by atoms with Gasteiger partial charge in [-0.05, 0) is 40.6 Å². The van der Waals surface area contributed by atoms with Crippen LogP contribution in [0.15, 0.2) is 47.4 Å². The number of aliphatic hydroxyl groups is 1. The van der Waals surface area contributed by atoms with Crippen molar-refractivity contribution in [3.63, 3.8) is 0 Å². The average molecular weight is 292 g/mol. The Bertz CT molecular complexity index is 750. The van der Waals surface area contributed by atoms with Gasteiger partial charge in [0.05, 0.1) is 5.92 Å². The molecule has 1 N–H and O–H groups in total. The largest absolute Gasteiger partial charge is 0.384 e. The molecule has 2 heteroatoms. The summed E-state index contributed by atoms with van der Waals surface area (Å²) < 4.78 is 0. The van der Waals surface area contributed by atoms with Gasteiger partial charge < -0.3 is 5.11 Å². The molecule has 1 unspecified atom stereocenters. The maximum atomic E-state index is 9.07. The highest BCUT2D eigenvalue weighted by molar-refractivity contribution is 7.98. The normalized spacial score (nSPS) is 15.4. The van der Waals surface area contributed by atoms with E-state index in [9.17, 15) is 0 Å². The highest BCUT2D eigenvalue weighted by Crippen LogP contribution is 2.35. The van der Waals surface area contributed by atoms with Crippen LogP contribution in [0, 0.1) is 11.8 Å². The van der Waals surface area contributed by atoms with E-state index in [2.05, 4.69) is 60.6 Å². The van der Waals surface area contributed by atoms with Gasteiger partial charge in [-0.2, -0.15) is 0 Å². The monoisotopic (exact) mass is 292 g/mol. The van der Waals surface area contributed by atoms with Crippen molar-refractivity contribution >= 4 is 23.9 Å². The summed E-state index contributed by atoms with van der Waals surface area (Å²) in [6, 6.07) is 14.8. The molecule has 3 rings (SSSR count). The fraction of sp³-hybridized carbons (Fsp3) is 0.158. The molecule has 21 heavy (non-hydrogen) atoms. The predicted octanol–water partition coefficient (Wildman–Crippen LogP) is 4.02. The third-order valence-corrected chi connectivity index (χ3v) is 4.41. The Balaban J connectivity index is 2.23. The topological polar surface area (TPSA) is 20.2 Å². The minimum Gasteiger partial charge on any atom is -0.384 e. The first kappa shape index (κ1) is 14.0. The van der Waals surface area contributed by atoms with Crippen molar-refractivity contribution in [1.29, 1.82) is 0 Å². The first-order valence-electron chi connectivity index (χ1n) is 6.87. The maximum absolute atomic E-state index is 9.07. The molecule has 1 atom stereocenters. The highest BCUT2D eigenvalue weighted by atomic mass is 32.2. The maximum Gasteiger partial charge on any atom is 0.104 e. The number of thioether (sulfide) groups is 1. The minimum absolute atomic E-state index is 0.00505. The van der Waals surface area contributed by atoms with Crippen LogP contribution in [0.4, 0.5) is 0 Å². The van der Waals surface area contributed by atoms with E-state index in [1.54, 1.807) is 11.8 Å². The molecule has 2 aromatic carbocycles. The van der Waals surface area contributed by atoms with Crippen molar-refractivity contribution < 1.29 is 5.11 Å². The molecule has 1 aliphatic rings. The summed E-state index contributed by atoms with van der Waals surface area (Å²) in [5, 5.41) is 9.07. The van der Waals surface area contributed by atoms with Crippen LogP contribution in [-0.2, 0) is 0 Å². The molecular formula is C19H16OS. The zero-order valence-corrected chi connectivity index (χ0v) is 12.7. The molecule has 1 aliphatic carbocycles. The van der Waals surface area contributed by atoms with Gasteiger partial charge in [-0.1, -0.05) is 54.3 Å². The predicted molar refractivity (Wildman–Crippen MR) is 90.3 cm³/mol. The summed E-state index contributed by atoms with van der Waals surface area (Å²) in [6.45, 7) is -0.107. The van der Waals surface area contributed by atoms with Gasteiger partial charge in [0, 0.05) is 4.90 Å². The Morgan fingerprint density at radius 3 is 2.57 bits per heavy atom. The number of fused-ring (bicyclic) bond motifs is 2. The molecule has 0 bridgehead atoms. The van der Waals surface area contributed by atoms with Crippen LogP contribution in [0.25, 0.3) is 12.2 Å². The van der Waals surface area contributed by atoms with Gasteiger partial charge in [-0.3, -0.25) is 0 Å². The number of hydrogen-bond donors (Lipinski definition) is 1. The summed E-state index contributed by atoms with van der Waals surface area (Å²) in [7, 11) is 0. The first-order chi connectivity index (χ1) is 10.3. The van der Waals surface area contributed by atoms with Crippen LogP contribution in [0.5, 0.6) is 0 Å². The van der Waals surface area contributed by atoms with Crippen molar-refractivity contribution in [1.82, 2.24) is 0 Å². The summed E-state index contributed by atoms with van der Waals surface area (Å²) in [5.74, 6) is 6.07. The number of aliphatic hydroxyl groups excluding tert-OH is 1. The zero-order valence-electron chi connectivity index (χ0n) is 11.8. The molecule has 0 aliphatic heterocycles. The molecule has 104 valence electrons. The van der Waals surface area contributed by atoms with Gasteiger partial charge in [-0.25, -0.2) is 0 Å². The molecule has 0 saturated heterocycles. The van der Waals surface area contributed by atoms with Gasteiger partial charge in [-0.15, -0.1) is 11.8 Å². The van der Waals surface area contributed by atoms with Crippen LogP contribution >= 0.6 is 11.8 Å². The van der Waals surface area contributed by atoms with E-state index >= 15 is 0 Å². The average Bonchev–Trinajstić information content (AvgIpc) is 2.69. The number of hydrogen-bond acceptors (Lipinski definition) is 2. The molecule has 0 amide bonds. The lowest BCUT2D eigenvalue weighted by Crippen LogP contribution is -2.02. The van der Waals surface area contributed by atoms with Gasteiger partial charge in [0.2, 0.25) is 0 Å². The van der Waals surface area contributed by atoms with Crippen molar-refractivity contribution in [3.05, 3.63) is 64.7 Å². The zero-order chi connectivity index (χ0) is 14.7. The summed E-state index contributed by atoms with van der Waals surface area (Å²) in [6.07, 6.45) is 6.38. The van der Waals surface area contributed by atoms with E-state index in [-0.39, 0.29) is 12.5 Å². The lowest BCUT2D eigenvalue weighted by molar-refractivity contribution is 0.350. The van der Waals surface area contributed by atoms with Crippen LogP contribution in [0.2, 0.25) is 0 Å². The van der Waals surface area contributed by atoms with Gasteiger partial charge >= 0.3 is 0 Å². The van der Waals surface area contributed by atoms with Gasteiger partial charge in [0.25, 0.3) is 0 Å². The minimum atomic E-state index is -0.107. The number of benzene rings is 2. The van der Waals surface area contributed by atoms with Crippen molar-refractivity contribution in [2.75, 3.05) is 12.9 Å². The van der Waals surface area contributed by atoms with E-state index in [0.29, 0.717) is 0 Å². The smallest absolute Gasteiger partial charge is 0.104 e. The first-order valence-corrected chi connectivity index (χ1v) is 8.10. The van der Waals surface area contributed by atoms with Crippen LogP contribution in [-0.4, -0.2) is 18.0 Å². The Morgan fingerprint density at radius 1 is 1.05 bits per heavy atom. The van der Waals surface area contributed by atoms with Crippen LogP contribution in [0.1, 0.15) is 28.2 Å². The molecule has 0 heterocycles. The van der Waals surface area contributed by atoms with E-state index in [1.807, 2.05) is 12.1 Å². The lowest BCUT2D eigenvalue weighted by Gasteiger charge is -2.15. The van der Waals surface area contributed by atoms with E-state index < -0.39 is 0 Å². The van der Waals surface area contributed by atoms with Crippen molar-refractivity contribution in [2.24, 2.45) is 0 Å². The summed E-state index contributed by atoms with van der Waals surface area (Å²) >= 11 is 1.73. The fourth-order valence-electron chi connectivity index (χ4n) is 2.66. The molecule has 2 aromatic rings. The van der Waals surface area contributed by atoms with Crippen LogP contribution < -0.4 is 0 Å². The van der Waals surface area contributed by atoms with Gasteiger partial charge in [0.15, 0.2) is 0 Å². The SMILES string of the molecule is CSc1ccc2c(c1)C(C#CCO)c1ccccc1C=C2. The molecule has 1 nitrogen and oxygen atoms in total. The summed E-state index contributed by atoms with van der Waals surface area (Å²) in [4.78, 5) is 1.23. The van der Waals surface area contributed by atoms with E-state index in [0.717, 1.165) is 0 Å².